The lowest BCUT2D eigenvalue weighted by molar-refractivity contribution is 0.220. The standard InChI is InChI=1S/C10H14ClNOS/c11-10-2-1-9(14-10)6-12-4-3-8(5-12)7-13/h1-2,8,13H,3-7H2/t8-/m0/s1. The SMILES string of the molecule is OC[C@H]1CCN(Cc2ccc(Cl)s2)C1. The molecule has 1 N–H and O–H groups in total. The Morgan fingerprint density at radius 1 is 1.57 bits per heavy atom. The molecule has 0 radical (unpaired) electrons. The monoisotopic (exact) mass is 231 g/mol. The van der Waals surface area contributed by atoms with E-state index in [2.05, 4.69) is 11.0 Å². The molecule has 2 rings (SSSR count). The number of aliphatic hydroxyl groups is 1. The van der Waals surface area contributed by atoms with E-state index in [9.17, 15) is 0 Å². The molecule has 1 aliphatic heterocycles. The molecule has 2 heterocycles. The van der Waals surface area contributed by atoms with E-state index in [1.165, 1.54) is 4.88 Å². The Balaban J connectivity index is 1.87. The second kappa shape index (κ2) is 4.62. The molecule has 0 aliphatic carbocycles. The summed E-state index contributed by atoms with van der Waals surface area (Å²) < 4.78 is 0.859. The number of aliphatic hydroxyl groups excluding tert-OH is 1. The molecule has 0 amide bonds. The van der Waals surface area contributed by atoms with Crippen LogP contribution < -0.4 is 0 Å². The van der Waals surface area contributed by atoms with Crippen LogP contribution in [0.3, 0.4) is 0 Å². The summed E-state index contributed by atoms with van der Waals surface area (Å²) in [5.41, 5.74) is 0. The van der Waals surface area contributed by atoms with Crippen molar-refractivity contribution in [1.82, 2.24) is 4.90 Å². The van der Waals surface area contributed by atoms with Gasteiger partial charge in [-0.1, -0.05) is 11.6 Å². The molecule has 0 aromatic carbocycles. The number of hydrogen-bond donors (Lipinski definition) is 1. The molecule has 1 aromatic heterocycles. The molecule has 78 valence electrons. The van der Waals surface area contributed by atoms with E-state index in [-0.39, 0.29) is 0 Å². The lowest BCUT2D eigenvalue weighted by atomic mass is 10.1. The highest BCUT2D eigenvalue weighted by Crippen LogP contribution is 2.25. The number of rotatable bonds is 3. The van der Waals surface area contributed by atoms with Crippen molar-refractivity contribution in [2.24, 2.45) is 5.92 Å². The van der Waals surface area contributed by atoms with Gasteiger partial charge in [-0.2, -0.15) is 0 Å². The van der Waals surface area contributed by atoms with Crippen LogP contribution in [0.15, 0.2) is 12.1 Å². The minimum absolute atomic E-state index is 0.321. The molecule has 4 heteroatoms. The van der Waals surface area contributed by atoms with Crippen molar-refractivity contribution in [3.05, 3.63) is 21.3 Å². The lowest BCUT2D eigenvalue weighted by Gasteiger charge is -2.13. The van der Waals surface area contributed by atoms with E-state index >= 15 is 0 Å². The number of halogens is 1. The summed E-state index contributed by atoms with van der Waals surface area (Å²) in [6, 6.07) is 4.03. The summed E-state index contributed by atoms with van der Waals surface area (Å²) in [4.78, 5) is 3.69. The lowest BCUT2D eigenvalue weighted by Crippen LogP contribution is -2.20. The highest BCUT2D eigenvalue weighted by atomic mass is 35.5. The maximum absolute atomic E-state index is 9.01. The number of likely N-dealkylation sites (tertiary alicyclic amines) is 1. The van der Waals surface area contributed by atoms with Crippen LogP contribution in [-0.2, 0) is 6.54 Å². The van der Waals surface area contributed by atoms with Crippen molar-refractivity contribution in [2.75, 3.05) is 19.7 Å². The molecule has 0 bridgehead atoms. The average molecular weight is 232 g/mol. The molecule has 0 unspecified atom stereocenters. The van der Waals surface area contributed by atoms with E-state index in [4.69, 9.17) is 16.7 Å². The van der Waals surface area contributed by atoms with Crippen LogP contribution in [-0.4, -0.2) is 29.7 Å². The van der Waals surface area contributed by atoms with Crippen molar-refractivity contribution >= 4 is 22.9 Å². The van der Waals surface area contributed by atoms with Gasteiger partial charge in [-0.25, -0.2) is 0 Å². The average Bonchev–Trinajstić information content (AvgIpc) is 2.76. The van der Waals surface area contributed by atoms with Crippen LogP contribution in [0.25, 0.3) is 0 Å². The van der Waals surface area contributed by atoms with Crippen molar-refractivity contribution in [3.63, 3.8) is 0 Å². The van der Waals surface area contributed by atoms with E-state index < -0.39 is 0 Å². The maximum atomic E-state index is 9.01. The van der Waals surface area contributed by atoms with Crippen LogP contribution in [0.1, 0.15) is 11.3 Å². The fourth-order valence-electron chi connectivity index (χ4n) is 1.86. The topological polar surface area (TPSA) is 23.5 Å². The first-order valence-electron chi connectivity index (χ1n) is 4.85. The largest absolute Gasteiger partial charge is 0.396 e. The third-order valence-electron chi connectivity index (χ3n) is 2.64. The van der Waals surface area contributed by atoms with Gasteiger partial charge in [-0.3, -0.25) is 4.90 Å². The Labute approximate surface area is 93.1 Å². The fraction of sp³-hybridized carbons (Fsp3) is 0.600. The van der Waals surface area contributed by atoms with E-state index in [1.54, 1.807) is 11.3 Å². The molecule has 0 spiro atoms. The van der Waals surface area contributed by atoms with Gasteiger partial charge in [0.05, 0.1) is 4.34 Å². The van der Waals surface area contributed by atoms with Gasteiger partial charge in [0.1, 0.15) is 0 Å². The van der Waals surface area contributed by atoms with Gasteiger partial charge in [0.15, 0.2) is 0 Å². The highest BCUT2D eigenvalue weighted by Gasteiger charge is 2.21. The van der Waals surface area contributed by atoms with Crippen LogP contribution in [0.2, 0.25) is 4.34 Å². The molecule has 0 saturated carbocycles. The van der Waals surface area contributed by atoms with Gasteiger partial charge >= 0.3 is 0 Å². The predicted octanol–water partition coefficient (Wildman–Crippen LogP) is 2.22. The molecule has 1 fully saturated rings. The Hall–Kier alpha value is -0.0900. The zero-order valence-corrected chi connectivity index (χ0v) is 9.52. The van der Waals surface area contributed by atoms with E-state index in [0.29, 0.717) is 12.5 Å². The smallest absolute Gasteiger partial charge is 0.0931 e. The first-order chi connectivity index (χ1) is 6.78. The van der Waals surface area contributed by atoms with Crippen molar-refractivity contribution < 1.29 is 5.11 Å². The summed E-state index contributed by atoms with van der Waals surface area (Å²) in [5.74, 6) is 0.477. The molecule has 1 atom stereocenters. The van der Waals surface area contributed by atoms with Gasteiger partial charge in [0, 0.05) is 24.6 Å². The minimum Gasteiger partial charge on any atom is -0.396 e. The Morgan fingerprint density at radius 2 is 2.43 bits per heavy atom. The third-order valence-corrected chi connectivity index (χ3v) is 3.85. The molecular weight excluding hydrogens is 218 g/mol. The van der Waals surface area contributed by atoms with Crippen LogP contribution in [0.4, 0.5) is 0 Å². The van der Waals surface area contributed by atoms with Crippen molar-refractivity contribution in [1.29, 1.82) is 0 Å². The first kappa shape index (κ1) is 10.4. The molecule has 2 nitrogen and oxygen atoms in total. The molecular formula is C10H14ClNOS. The van der Waals surface area contributed by atoms with E-state index in [1.807, 2.05) is 6.07 Å². The van der Waals surface area contributed by atoms with Crippen LogP contribution in [0, 0.1) is 5.92 Å². The second-order valence-corrected chi connectivity index (χ2v) is 5.58. The maximum Gasteiger partial charge on any atom is 0.0931 e. The third kappa shape index (κ3) is 2.48. The number of hydrogen-bond acceptors (Lipinski definition) is 3. The Kier molecular flexibility index (Phi) is 3.44. The molecule has 14 heavy (non-hydrogen) atoms. The second-order valence-electron chi connectivity index (χ2n) is 3.78. The van der Waals surface area contributed by atoms with Gasteiger partial charge in [0.2, 0.25) is 0 Å². The summed E-state index contributed by atoms with van der Waals surface area (Å²) in [6.45, 7) is 3.42. The predicted molar refractivity (Wildman–Crippen MR) is 59.8 cm³/mol. The number of thiophene rings is 1. The van der Waals surface area contributed by atoms with Crippen molar-refractivity contribution in [2.45, 2.75) is 13.0 Å². The normalized spacial score (nSPS) is 23.1. The number of nitrogens with zero attached hydrogens (tertiary/aromatic N) is 1. The van der Waals surface area contributed by atoms with E-state index in [0.717, 1.165) is 30.4 Å². The molecule has 1 aliphatic rings. The fourth-order valence-corrected chi connectivity index (χ4v) is 2.99. The summed E-state index contributed by atoms with van der Waals surface area (Å²) in [7, 11) is 0. The van der Waals surface area contributed by atoms with Gasteiger partial charge in [-0.15, -0.1) is 11.3 Å². The summed E-state index contributed by atoms with van der Waals surface area (Å²) >= 11 is 7.51. The summed E-state index contributed by atoms with van der Waals surface area (Å²) in [5, 5.41) is 9.01. The van der Waals surface area contributed by atoms with Gasteiger partial charge in [0.25, 0.3) is 0 Å². The Bertz CT molecular complexity index is 302. The van der Waals surface area contributed by atoms with Gasteiger partial charge in [-0.05, 0) is 31.0 Å². The zero-order chi connectivity index (χ0) is 9.97. The van der Waals surface area contributed by atoms with Crippen LogP contribution in [0.5, 0.6) is 0 Å². The molecule has 1 saturated heterocycles. The minimum atomic E-state index is 0.321. The van der Waals surface area contributed by atoms with Crippen LogP contribution >= 0.6 is 22.9 Å². The van der Waals surface area contributed by atoms with Crippen molar-refractivity contribution in [3.8, 4) is 0 Å². The quantitative estimate of drug-likeness (QED) is 0.863. The first-order valence-corrected chi connectivity index (χ1v) is 6.05. The molecule has 1 aromatic rings. The highest BCUT2D eigenvalue weighted by molar-refractivity contribution is 7.16. The summed E-state index contributed by atoms with van der Waals surface area (Å²) in [6.07, 6.45) is 1.12. The Morgan fingerprint density at radius 3 is 3.00 bits per heavy atom. The van der Waals surface area contributed by atoms with Gasteiger partial charge < -0.3 is 5.11 Å². The zero-order valence-electron chi connectivity index (χ0n) is 7.95.